The number of fused-ring (bicyclic) bond motifs is 2. The summed E-state index contributed by atoms with van der Waals surface area (Å²) < 4.78 is 26.0. The summed E-state index contributed by atoms with van der Waals surface area (Å²) in [6.45, 7) is 1.09. The number of amides is 1. The van der Waals surface area contributed by atoms with Crippen molar-refractivity contribution in [3.05, 3.63) is 53.5 Å². The van der Waals surface area contributed by atoms with Crippen molar-refractivity contribution < 1.29 is 18.7 Å². The molecule has 1 saturated heterocycles. The van der Waals surface area contributed by atoms with Crippen molar-refractivity contribution in [2.24, 2.45) is 5.73 Å². The van der Waals surface area contributed by atoms with Gasteiger partial charge in [-0.05, 0) is 49.6 Å². The van der Waals surface area contributed by atoms with Gasteiger partial charge in [0.2, 0.25) is 11.8 Å². The molecule has 184 valence electrons. The van der Waals surface area contributed by atoms with E-state index in [0.717, 1.165) is 28.8 Å². The minimum Gasteiger partial charge on any atom is -0.481 e. The molecule has 10 heteroatoms. The zero-order chi connectivity index (χ0) is 24.4. The van der Waals surface area contributed by atoms with E-state index in [9.17, 15) is 9.18 Å². The first-order valence-electron chi connectivity index (χ1n) is 11.7. The van der Waals surface area contributed by atoms with Crippen LogP contribution < -0.4 is 21.1 Å². The zero-order valence-electron chi connectivity index (χ0n) is 19.4. The van der Waals surface area contributed by atoms with E-state index >= 15 is 0 Å². The lowest BCUT2D eigenvalue weighted by Crippen LogP contribution is -2.47. The van der Waals surface area contributed by atoms with Crippen molar-refractivity contribution in [3.8, 4) is 5.88 Å². The Labute approximate surface area is 207 Å². The summed E-state index contributed by atoms with van der Waals surface area (Å²) in [5.41, 5.74) is 8.40. The van der Waals surface area contributed by atoms with Crippen LogP contribution in [0.4, 0.5) is 10.2 Å². The molecule has 3 aromatic rings. The summed E-state index contributed by atoms with van der Waals surface area (Å²) in [4.78, 5) is 21.6. The number of aromatic nitrogens is 2. The molecule has 3 atom stereocenters. The zero-order valence-corrected chi connectivity index (χ0v) is 20.2. The molecule has 4 heterocycles. The summed E-state index contributed by atoms with van der Waals surface area (Å²) >= 11 is 1.50. The van der Waals surface area contributed by atoms with E-state index in [1.807, 2.05) is 18.2 Å². The molecule has 35 heavy (non-hydrogen) atoms. The summed E-state index contributed by atoms with van der Waals surface area (Å²) in [6, 6.07) is 10.6. The van der Waals surface area contributed by atoms with Crippen LogP contribution in [0.25, 0.3) is 10.9 Å². The Morgan fingerprint density at radius 2 is 2.11 bits per heavy atom. The van der Waals surface area contributed by atoms with Crippen LogP contribution in [-0.2, 0) is 22.5 Å². The third-order valence-electron chi connectivity index (χ3n) is 6.43. The highest BCUT2D eigenvalue weighted by molar-refractivity contribution is 8.00. The molecule has 5 rings (SSSR count). The molecule has 1 amide bonds. The van der Waals surface area contributed by atoms with Crippen LogP contribution in [0.1, 0.15) is 24.1 Å². The predicted molar refractivity (Wildman–Crippen MR) is 133 cm³/mol. The number of pyridine rings is 2. The van der Waals surface area contributed by atoms with E-state index in [1.165, 1.54) is 24.9 Å². The Morgan fingerprint density at radius 1 is 1.26 bits per heavy atom. The Morgan fingerprint density at radius 3 is 2.91 bits per heavy atom. The molecule has 4 N–H and O–H groups in total. The maximum Gasteiger partial charge on any atom is 0.235 e. The van der Waals surface area contributed by atoms with Crippen LogP contribution in [0.2, 0.25) is 0 Å². The van der Waals surface area contributed by atoms with E-state index in [0.29, 0.717) is 48.1 Å². The second-order valence-electron chi connectivity index (χ2n) is 8.83. The average molecular weight is 498 g/mol. The number of nitrogens with one attached hydrogen (secondary N) is 2. The minimum atomic E-state index is -0.354. The van der Waals surface area contributed by atoms with Crippen LogP contribution in [0.5, 0.6) is 5.88 Å². The van der Waals surface area contributed by atoms with Crippen LogP contribution in [0.15, 0.2) is 41.3 Å². The van der Waals surface area contributed by atoms with Gasteiger partial charge in [0.25, 0.3) is 0 Å². The van der Waals surface area contributed by atoms with Gasteiger partial charge in [-0.15, -0.1) is 11.8 Å². The Hall–Kier alpha value is -2.79. The van der Waals surface area contributed by atoms with Gasteiger partial charge >= 0.3 is 0 Å². The molecule has 0 bridgehead atoms. The van der Waals surface area contributed by atoms with Gasteiger partial charge in [0, 0.05) is 35.6 Å². The van der Waals surface area contributed by atoms with Gasteiger partial charge in [0.15, 0.2) is 0 Å². The number of carbonyl (C=O) groups excluding carboxylic acids is 1. The quantitative estimate of drug-likeness (QED) is 0.457. The molecule has 0 spiro atoms. The number of methoxy groups -OCH3 is 1. The van der Waals surface area contributed by atoms with Gasteiger partial charge in [0.1, 0.15) is 11.6 Å². The fourth-order valence-corrected chi connectivity index (χ4v) is 5.26. The highest BCUT2D eigenvalue weighted by atomic mass is 32.2. The fraction of sp³-hybridized carbons (Fsp3) is 0.400. The number of halogens is 1. The molecular weight excluding hydrogens is 469 g/mol. The highest BCUT2D eigenvalue weighted by Crippen LogP contribution is 2.30. The molecule has 0 aliphatic carbocycles. The number of rotatable bonds is 7. The second kappa shape index (κ2) is 10.4. The van der Waals surface area contributed by atoms with Gasteiger partial charge in [0.05, 0.1) is 41.7 Å². The number of thioether (sulfide) groups is 1. The van der Waals surface area contributed by atoms with E-state index in [4.69, 9.17) is 15.2 Å². The molecule has 0 saturated carbocycles. The molecule has 2 aliphatic rings. The molecule has 1 fully saturated rings. The monoisotopic (exact) mass is 497 g/mol. The number of nitrogens with zero attached hydrogens (tertiary/aromatic N) is 2. The Bertz CT molecular complexity index is 1240. The third kappa shape index (κ3) is 5.40. The van der Waals surface area contributed by atoms with Crippen molar-refractivity contribution in [3.63, 3.8) is 0 Å². The first-order valence-corrected chi connectivity index (χ1v) is 12.6. The average Bonchev–Trinajstić information content (AvgIpc) is 2.88. The number of ether oxygens (including phenoxy) is 2. The molecular formula is C25H28FN5O3S. The lowest BCUT2D eigenvalue weighted by molar-refractivity contribution is -0.113. The lowest BCUT2D eigenvalue weighted by atomic mass is 9.94. The number of carbonyl (C=O) groups is 1. The van der Waals surface area contributed by atoms with Crippen molar-refractivity contribution in [1.82, 2.24) is 15.3 Å². The number of nitrogens with two attached hydrogens (primary N) is 1. The van der Waals surface area contributed by atoms with Crippen molar-refractivity contribution in [2.45, 2.75) is 48.9 Å². The largest absolute Gasteiger partial charge is 0.481 e. The van der Waals surface area contributed by atoms with Crippen molar-refractivity contribution >= 4 is 34.4 Å². The van der Waals surface area contributed by atoms with E-state index in [2.05, 4.69) is 20.6 Å². The number of benzene rings is 1. The maximum absolute atomic E-state index is 14.7. The standard InChI is InChI=1S/C25H28FN5O3S/c1-33-23-9-3-14-2-6-18(26)17(24(14)31-23)10-19(27)20-7-4-16(12-34-20)28-11-15-5-8-21-25(29-15)30-22(32)13-35-21/h2-3,5-6,8-9,16,19-20,28H,4,7,10-13,27H2,1H3,(H,29,30,32)/t16-,19+,20+/m1/s1. The smallest absolute Gasteiger partial charge is 0.235 e. The molecule has 2 aliphatic heterocycles. The van der Waals surface area contributed by atoms with Gasteiger partial charge in [-0.3, -0.25) is 4.79 Å². The summed E-state index contributed by atoms with van der Waals surface area (Å²) in [5, 5.41) is 7.15. The first kappa shape index (κ1) is 23.9. The molecule has 1 aromatic carbocycles. The van der Waals surface area contributed by atoms with Gasteiger partial charge in [-0.1, -0.05) is 0 Å². The van der Waals surface area contributed by atoms with Gasteiger partial charge in [-0.2, -0.15) is 0 Å². The Kier molecular flexibility index (Phi) is 7.14. The van der Waals surface area contributed by atoms with E-state index in [1.54, 1.807) is 12.1 Å². The SMILES string of the molecule is COc1ccc2ccc(F)c(C[C@H](N)[C@@H]3CC[C@@H](NCc4ccc5c(n4)NC(=O)CS5)CO3)c2n1. The van der Waals surface area contributed by atoms with Crippen LogP contribution in [-0.4, -0.2) is 53.5 Å². The molecule has 8 nitrogen and oxygen atoms in total. The first-order chi connectivity index (χ1) is 17.0. The van der Waals surface area contributed by atoms with E-state index < -0.39 is 0 Å². The summed E-state index contributed by atoms with van der Waals surface area (Å²) in [6.07, 6.45) is 1.82. The molecule has 0 unspecified atom stereocenters. The van der Waals surface area contributed by atoms with Gasteiger partial charge in [-0.25, -0.2) is 14.4 Å². The normalized spacial score (nSPS) is 20.8. The van der Waals surface area contributed by atoms with Crippen LogP contribution in [0, 0.1) is 5.82 Å². The van der Waals surface area contributed by atoms with Crippen molar-refractivity contribution in [2.75, 3.05) is 24.8 Å². The lowest BCUT2D eigenvalue weighted by Gasteiger charge is -2.33. The highest BCUT2D eigenvalue weighted by Gasteiger charge is 2.28. The van der Waals surface area contributed by atoms with Crippen molar-refractivity contribution in [1.29, 1.82) is 0 Å². The number of hydrogen-bond donors (Lipinski definition) is 3. The van der Waals surface area contributed by atoms with Crippen LogP contribution in [0.3, 0.4) is 0 Å². The fourth-order valence-electron chi connectivity index (χ4n) is 4.50. The van der Waals surface area contributed by atoms with E-state index in [-0.39, 0.29) is 29.9 Å². The number of anilines is 1. The topological polar surface area (TPSA) is 111 Å². The summed E-state index contributed by atoms with van der Waals surface area (Å²) in [7, 11) is 1.54. The summed E-state index contributed by atoms with van der Waals surface area (Å²) in [5.74, 6) is 1.14. The number of hydrogen-bond acceptors (Lipinski definition) is 8. The molecule has 2 aromatic heterocycles. The minimum absolute atomic E-state index is 0.0264. The van der Waals surface area contributed by atoms with Crippen LogP contribution >= 0.6 is 11.8 Å². The third-order valence-corrected chi connectivity index (χ3v) is 7.47. The van der Waals surface area contributed by atoms with Gasteiger partial charge < -0.3 is 25.8 Å². The molecule has 0 radical (unpaired) electrons. The Balaban J connectivity index is 1.16. The predicted octanol–water partition coefficient (Wildman–Crippen LogP) is 3.03. The maximum atomic E-state index is 14.7. The second-order valence-corrected chi connectivity index (χ2v) is 9.85.